The normalized spacial score (nSPS) is 22.6. The number of rotatable bonds is 7. The molecule has 2 aliphatic rings. The van der Waals surface area contributed by atoms with Crippen molar-refractivity contribution in [3.63, 3.8) is 0 Å². The minimum atomic E-state index is -4.77. The average molecular weight is 531 g/mol. The summed E-state index contributed by atoms with van der Waals surface area (Å²) in [6.45, 7) is 5.60. The maximum atomic E-state index is 14.8. The molecule has 2 heterocycles. The van der Waals surface area contributed by atoms with E-state index in [9.17, 15) is 22.7 Å². The van der Waals surface area contributed by atoms with Gasteiger partial charge in [0, 0.05) is 35.2 Å². The SMILES string of the molecule is Cc1nc(OCC2CC(C)(O)C2)ccc1-c1cc(COc2cc3c(cn2)CC(C)C3)c(F)cc1C(F)(F)F. The Balaban J connectivity index is 1.37. The van der Waals surface area contributed by atoms with Gasteiger partial charge in [-0.1, -0.05) is 6.92 Å². The van der Waals surface area contributed by atoms with Gasteiger partial charge in [0.25, 0.3) is 0 Å². The van der Waals surface area contributed by atoms with Crippen LogP contribution in [0.25, 0.3) is 11.1 Å². The van der Waals surface area contributed by atoms with Crippen LogP contribution < -0.4 is 9.47 Å². The van der Waals surface area contributed by atoms with Gasteiger partial charge in [-0.3, -0.25) is 0 Å². The largest absolute Gasteiger partial charge is 0.477 e. The first-order chi connectivity index (χ1) is 17.9. The summed E-state index contributed by atoms with van der Waals surface area (Å²) in [6, 6.07) is 6.52. The molecule has 0 amide bonds. The van der Waals surface area contributed by atoms with Crippen LogP contribution in [-0.2, 0) is 25.6 Å². The summed E-state index contributed by atoms with van der Waals surface area (Å²) in [5.41, 5.74) is 0.877. The van der Waals surface area contributed by atoms with Gasteiger partial charge in [0.1, 0.15) is 12.4 Å². The van der Waals surface area contributed by atoms with Gasteiger partial charge in [0.2, 0.25) is 11.8 Å². The highest BCUT2D eigenvalue weighted by molar-refractivity contribution is 5.71. The van der Waals surface area contributed by atoms with Crippen LogP contribution in [0.4, 0.5) is 17.6 Å². The molecular weight excluding hydrogens is 500 g/mol. The molecule has 1 unspecified atom stereocenters. The van der Waals surface area contributed by atoms with Crippen molar-refractivity contribution in [1.29, 1.82) is 0 Å². The summed E-state index contributed by atoms with van der Waals surface area (Å²) < 4.78 is 68.0. The van der Waals surface area contributed by atoms with Crippen LogP contribution in [0.3, 0.4) is 0 Å². The minimum Gasteiger partial charge on any atom is -0.477 e. The molecule has 9 heteroatoms. The number of aryl methyl sites for hydroxylation is 1. The molecule has 0 saturated heterocycles. The van der Waals surface area contributed by atoms with Gasteiger partial charge < -0.3 is 14.6 Å². The Kier molecular flexibility index (Phi) is 6.84. The number of hydrogen-bond donors (Lipinski definition) is 1. The Morgan fingerprint density at radius 2 is 1.76 bits per heavy atom. The molecule has 1 fully saturated rings. The fraction of sp³-hybridized carbons (Fsp3) is 0.448. The monoisotopic (exact) mass is 530 g/mol. The number of halogens is 4. The standard InChI is InChI=1S/C29H30F4N2O3/c1-16-6-19-9-27(34-13-20(19)7-16)38-15-21-8-23(24(10-25(21)30)29(31,32)33)22-4-5-26(35-17(22)2)37-14-18-11-28(3,36)12-18/h4-5,8-10,13,16,18,36H,6-7,11-12,14-15H2,1-3H3. The third kappa shape index (κ3) is 5.62. The highest BCUT2D eigenvalue weighted by atomic mass is 19.4. The Morgan fingerprint density at radius 1 is 1.03 bits per heavy atom. The Labute approximate surface area is 218 Å². The number of aliphatic hydroxyl groups is 1. The zero-order valence-electron chi connectivity index (χ0n) is 21.5. The van der Waals surface area contributed by atoms with E-state index in [2.05, 4.69) is 16.9 Å². The number of hydrogen-bond acceptors (Lipinski definition) is 5. The molecule has 1 aromatic carbocycles. The molecule has 0 aliphatic heterocycles. The van der Waals surface area contributed by atoms with Crippen LogP contribution >= 0.6 is 0 Å². The fourth-order valence-corrected chi connectivity index (χ4v) is 5.53. The van der Waals surface area contributed by atoms with Crippen LogP contribution in [0.1, 0.15) is 54.6 Å². The lowest BCUT2D eigenvalue weighted by molar-refractivity contribution is -0.137. The van der Waals surface area contributed by atoms with Crippen molar-refractivity contribution < 1.29 is 32.1 Å². The lowest BCUT2D eigenvalue weighted by Crippen LogP contribution is -2.43. The number of aromatic nitrogens is 2. The van der Waals surface area contributed by atoms with Crippen molar-refractivity contribution in [3.8, 4) is 22.9 Å². The molecule has 1 atom stereocenters. The smallest absolute Gasteiger partial charge is 0.417 e. The lowest BCUT2D eigenvalue weighted by Gasteiger charge is -2.40. The number of pyridine rings is 2. The quantitative estimate of drug-likeness (QED) is 0.355. The number of fused-ring (bicyclic) bond motifs is 1. The molecule has 2 aromatic heterocycles. The minimum absolute atomic E-state index is 0.0135. The highest BCUT2D eigenvalue weighted by Crippen LogP contribution is 2.41. The summed E-state index contributed by atoms with van der Waals surface area (Å²) >= 11 is 0. The zero-order valence-corrected chi connectivity index (χ0v) is 21.5. The fourth-order valence-electron chi connectivity index (χ4n) is 5.53. The maximum absolute atomic E-state index is 14.8. The molecular formula is C29H30F4N2O3. The number of nitrogens with zero attached hydrogens (tertiary/aromatic N) is 2. The maximum Gasteiger partial charge on any atom is 0.417 e. The molecule has 2 aliphatic carbocycles. The van der Waals surface area contributed by atoms with E-state index in [0.717, 1.165) is 24.0 Å². The first kappa shape index (κ1) is 26.4. The Bertz CT molecular complexity index is 1350. The zero-order chi connectivity index (χ0) is 27.2. The second kappa shape index (κ2) is 9.84. The van der Waals surface area contributed by atoms with E-state index in [1.807, 2.05) is 6.07 Å². The molecule has 5 rings (SSSR count). The molecule has 5 nitrogen and oxygen atoms in total. The number of benzene rings is 1. The van der Waals surface area contributed by atoms with Gasteiger partial charge in [-0.15, -0.1) is 0 Å². The van der Waals surface area contributed by atoms with Crippen molar-refractivity contribution in [2.75, 3.05) is 6.61 Å². The first-order valence-corrected chi connectivity index (χ1v) is 12.7. The van der Waals surface area contributed by atoms with E-state index in [-0.39, 0.29) is 35.1 Å². The van der Waals surface area contributed by atoms with E-state index in [0.29, 0.717) is 43.0 Å². The molecule has 0 spiro atoms. The van der Waals surface area contributed by atoms with Crippen LogP contribution in [0.2, 0.25) is 0 Å². The predicted molar refractivity (Wildman–Crippen MR) is 133 cm³/mol. The molecule has 38 heavy (non-hydrogen) atoms. The summed E-state index contributed by atoms with van der Waals surface area (Å²) in [5, 5.41) is 9.87. The van der Waals surface area contributed by atoms with Gasteiger partial charge in [-0.25, -0.2) is 14.4 Å². The topological polar surface area (TPSA) is 64.5 Å². The van der Waals surface area contributed by atoms with Gasteiger partial charge >= 0.3 is 6.18 Å². The molecule has 0 bridgehead atoms. The molecule has 202 valence electrons. The van der Waals surface area contributed by atoms with E-state index in [1.54, 1.807) is 20.0 Å². The summed E-state index contributed by atoms with van der Waals surface area (Å²) in [6.07, 6.45) is 0.0737. The third-order valence-electron chi connectivity index (χ3n) is 7.34. The van der Waals surface area contributed by atoms with Crippen molar-refractivity contribution in [3.05, 3.63) is 70.3 Å². The second-order valence-electron chi connectivity index (χ2n) is 10.9. The van der Waals surface area contributed by atoms with E-state index >= 15 is 0 Å². The number of alkyl halides is 3. The predicted octanol–water partition coefficient (Wildman–Crippen LogP) is 6.46. The lowest BCUT2D eigenvalue weighted by atomic mass is 9.73. The van der Waals surface area contributed by atoms with Crippen LogP contribution in [0.5, 0.6) is 11.8 Å². The Morgan fingerprint density at radius 3 is 2.45 bits per heavy atom. The molecule has 0 radical (unpaired) electrons. The molecule has 3 aromatic rings. The summed E-state index contributed by atoms with van der Waals surface area (Å²) in [5.74, 6) is 0.310. The van der Waals surface area contributed by atoms with E-state index in [4.69, 9.17) is 9.47 Å². The second-order valence-corrected chi connectivity index (χ2v) is 10.9. The van der Waals surface area contributed by atoms with Gasteiger partial charge in [-0.05, 0) is 86.3 Å². The summed E-state index contributed by atoms with van der Waals surface area (Å²) in [4.78, 5) is 8.61. The van der Waals surface area contributed by atoms with E-state index in [1.165, 1.54) is 18.2 Å². The Hall–Kier alpha value is -3.20. The van der Waals surface area contributed by atoms with Gasteiger partial charge in [0.05, 0.1) is 17.8 Å². The van der Waals surface area contributed by atoms with Crippen molar-refractivity contribution >= 4 is 0 Å². The van der Waals surface area contributed by atoms with Crippen LogP contribution in [-0.4, -0.2) is 27.3 Å². The van der Waals surface area contributed by atoms with Crippen LogP contribution in [0, 0.1) is 24.6 Å². The van der Waals surface area contributed by atoms with Gasteiger partial charge in [0.15, 0.2) is 0 Å². The van der Waals surface area contributed by atoms with Crippen molar-refractivity contribution in [1.82, 2.24) is 9.97 Å². The van der Waals surface area contributed by atoms with Crippen LogP contribution in [0.15, 0.2) is 36.5 Å². The first-order valence-electron chi connectivity index (χ1n) is 12.7. The summed E-state index contributed by atoms with van der Waals surface area (Å²) in [7, 11) is 0. The molecule has 1 N–H and O–H groups in total. The van der Waals surface area contributed by atoms with Crippen molar-refractivity contribution in [2.45, 2.75) is 64.8 Å². The van der Waals surface area contributed by atoms with Crippen molar-refractivity contribution in [2.24, 2.45) is 11.8 Å². The third-order valence-corrected chi connectivity index (χ3v) is 7.34. The highest BCUT2D eigenvalue weighted by Gasteiger charge is 2.39. The number of ether oxygens (including phenoxy) is 2. The van der Waals surface area contributed by atoms with E-state index < -0.39 is 23.2 Å². The average Bonchev–Trinajstić information content (AvgIpc) is 3.19. The van der Waals surface area contributed by atoms with Gasteiger partial charge in [-0.2, -0.15) is 13.2 Å². The molecule has 1 saturated carbocycles.